The molecule has 1 aromatic heterocycles. The van der Waals surface area contributed by atoms with E-state index in [-0.39, 0.29) is 29.3 Å². The minimum absolute atomic E-state index is 0.147. The lowest BCUT2D eigenvalue weighted by molar-refractivity contribution is 0.583. The monoisotopic (exact) mass is 525 g/mol. The summed E-state index contributed by atoms with van der Waals surface area (Å²) in [5.41, 5.74) is 11.7. The van der Waals surface area contributed by atoms with Crippen LogP contribution in [-0.2, 0) is 0 Å². The van der Waals surface area contributed by atoms with Crippen molar-refractivity contribution in [3.63, 3.8) is 0 Å². The Kier molecular flexibility index (Phi) is 7.71. The van der Waals surface area contributed by atoms with Crippen molar-refractivity contribution in [2.75, 3.05) is 10.6 Å². The van der Waals surface area contributed by atoms with Gasteiger partial charge in [-0.25, -0.2) is 8.78 Å². The molecular formula is C25H19Cl2F2N7. The fourth-order valence-corrected chi connectivity index (χ4v) is 3.96. The highest BCUT2D eigenvalue weighted by Crippen LogP contribution is 2.36. The molecule has 0 radical (unpaired) electrons. The number of rotatable bonds is 8. The molecule has 2 aromatic carbocycles. The Balaban J connectivity index is 1.78. The number of pyridine rings is 1. The van der Waals surface area contributed by atoms with Gasteiger partial charge < -0.3 is 21.5 Å². The number of nitrogens with zero attached hydrogens (tertiary/aromatic N) is 2. The van der Waals surface area contributed by atoms with E-state index in [2.05, 4.69) is 38.6 Å². The van der Waals surface area contributed by atoms with E-state index >= 15 is 0 Å². The molecule has 4 rings (SSSR count). The first-order valence-corrected chi connectivity index (χ1v) is 11.3. The molecule has 0 amide bonds. The second-order valence-corrected chi connectivity index (χ2v) is 8.42. The van der Waals surface area contributed by atoms with Gasteiger partial charge in [0.2, 0.25) is 0 Å². The third-order valence-corrected chi connectivity index (χ3v) is 5.80. The van der Waals surface area contributed by atoms with Crippen molar-refractivity contribution in [3.05, 3.63) is 112 Å². The van der Waals surface area contributed by atoms with Crippen LogP contribution in [0.1, 0.15) is 17.2 Å². The van der Waals surface area contributed by atoms with E-state index in [1.165, 1.54) is 6.20 Å². The van der Waals surface area contributed by atoms with Crippen molar-refractivity contribution in [2.24, 2.45) is 0 Å². The maximum absolute atomic E-state index is 14.3. The summed E-state index contributed by atoms with van der Waals surface area (Å²) in [6, 6.07) is 12.5. The van der Waals surface area contributed by atoms with Crippen LogP contribution in [0.25, 0.3) is 10.9 Å². The molecule has 36 heavy (non-hydrogen) atoms. The van der Waals surface area contributed by atoms with Gasteiger partial charge in [0.15, 0.2) is 0 Å². The number of fused-ring (bicyclic) bond motifs is 1. The molecule has 3 aromatic rings. The van der Waals surface area contributed by atoms with E-state index in [0.29, 0.717) is 26.6 Å². The number of hydrogen-bond acceptors (Lipinski definition) is 7. The molecule has 0 unspecified atom stereocenters. The Hall–Kier alpha value is -4.10. The summed E-state index contributed by atoms with van der Waals surface area (Å²) in [4.78, 5) is 4.30. The van der Waals surface area contributed by atoms with Crippen molar-refractivity contribution < 1.29 is 8.78 Å². The summed E-state index contributed by atoms with van der Waals surface area (Å²) in [5, 5.41) is 17.3. The number of nitriles is 1. The zero-order chi connectivity index (χ0) is 25.7. The van der Waals surface area contributed by atoms with Crippen molar-refractivity contribution >= 4 is 45.5 Å². The summed E-state index contributed by atoms with van der Waals surface area (Å²) in [5.74, 6) is -0.805. The van der Waals surface area contributed by atoms with Gasteiger partial charge in [0, 0.05) is 28.5 Å². The number of nitrogens with one attached hydrogen (secondary N) is 5. The van der Waals surface area contributed by atoms with Gasteiger partial charge >= 0.3 is 0 Å². The number of hydrogen-bond donors (Lipinski definition) is 5. The highest BCUT2D eigenvalue weighted by Gasteiger charge is 2.21. The predicted octanol–water partition coefficient (Wildman–Crippen LogP) is 6.28. The molecular weight excluding hydrogens is 507 g/mol. The van der Waals surface area contributed by atoms with Gasteiger partial charge in [-0.05, 0) is 42.0 Å². The number of halogens is 4. The van der Waals surface area contributed by atoms with Crippen LogP contribution in [0.4, 0.5) is 20.2 Å². The topological polar surface area (TPSA) is 96.8 Å². The zero-order valence-corrected chi connectivity index (χ0v) is 20.1. The maximum Gasteiger partial charge on any atom is 0.146 e. The summed E-state index contributed by atoms with van der Waals surface area (Å²) >= 11 is 12.6. The lowest BCUT2D eigenvalue weighted by Gasteiger charge is -2.22. The summed E-state index contributed by atoms with van der Waals surface area (Å²) in [7, 11) is 0. The second-order valence-electron chi connectivity index (χ2n) is 7.57. The number of aromatic nitrogens is 1. The Labute approximate surface area is 215 Å². The predicted molar refractivity (Wildman–Crippen MR) is 139 cm³/mol. The summed E-state index contributed by atoms with van der Waals surface area (Å²) in [6.07, 6.45) is 5.10. The molecule has 0 aliphatic carbocycles. The fourth-order valence-electron chi connectivity index (χ4n) is 3.57. The average molecular weight is 526 g/mol. The van der Waals surface area contributed by atoms with Crippen molar-refractivity contribution in [1.29, 1.82) is 5.26 Å². The molecule has 1 aliphatic rings. The highest BCUT2D eigenvalue weighted by molar-refractivity contribution is 6.36. The van der Waals surface area contributed by atoms with Crippen molar-refractivity contribution in [3.8, 4) is 6.07 Å². The number of hydrazine groups is 2. The minimum Gasteiger partial charge on any atom is -0.373 e. The number of anilines is 2. The smallest absolute Gasteiger partial charge is 0.146 e. The number of allylic oxidation sites excluding steroid dienone is 3. The van der Waals surface area contributed by atoms with Crippen LogP contribution in [0, 0.1) is 11.3 Å². The van der Waals surface area contributed by atoms with Crippen LogP contribution >= 0.6 is 23.2 Å². The molecule has 1 aliphatic heterocycles. The standard InChI is InChI=1S/C25H19Cl2F2N7/c1-14(21(29)3-2-8-28)33-23-16(11-30)12-31-25-19(23)9-18(10-20(25)27)34-24(22-13-32-36-35-22)15-4-6-17(26)7-5-15/h2-10,12-13,24,32,34-36H,1H2,(H,31,33)/b8-2-,21-3+/t24-/m0/s1. The number of benzene rings is 2. The first kappa shape index (κ1) is 25.0. The molecule has 1 atom stereocenters. The Bertz CT molecular complexity index is 1440. The van der Waals surface area contributed by atoms with Crippen LogP contribution in [0.15, 0.2) is 91.1 Å². The van der Waals surface area contributed by atoms with Crippen molar-refractivity contribution in [1.82, 2.24) is 21.4 Å². The van der Waals surface area contributed by atoms with Gasteiger partial charge in [0.25, 0.3) is 0 Å². The van der Waals surface area contributed by atoms with Crippen LogP contribution in [-0.4, -0.2) is 4.98 Å². The molecule has 11 heteroatoms. The summed E-state index contributed by atoms with van der Waals surface area (Å²) < 4.78 is 26.6. The normalized spacial score (nSPS) is 14.1. The SMILES string of the molecule is C=C(Nc1c(C#N)cnc2c(Cl)cc(N[C@H](C3=CNNN3)c3ccc(Cl)cc3)cc12)/C(F)=C\C=C/F. The first-order valence-electron chi connectivity index (χ1n) is 10.5. The van der Waals surface area contributed by atoms with E-state index in [1.807, 2.05) is 18.2 Å². The molecule has 182 valence electrons. The quantitative estimate of drug-likeness (QED) is 0.221. The molecule has 0 bridgehead atoms. The highest BCUT2D eigenvalue weighted by atomic mass is 35.5. The van der Waals surface area contributed by atoms with E-state index in [9.17, 15) is 14.0 Å². The second kappa shape index (κ2) is 11.1. The van der Waals surface area contributed by atoms with E-state index < -0.39 is 5.83 Å². The maximum atomic E-state index is 14.3. The van der Waals surface area contributed by atoms with Crippen LogP contribution in [0.3, 0.4) is 0 Å². The average Bonchev–Trinajstić information content (AvgIpc) is 3.41. The van der Waals surface area contributed by atoms with Gasteiger partial charge in [-0.15, -0.1) is 0 Å². The lowest BCUT2D eigenvalue weighted by Crippen LogP contribution is -2.33. The molecule has 0 fully saturated rings. The first-order chi connectivity index (χ1) is 17.4. The lowest BCUT2D eigenvalue weighted by atomic mass is 10.0. The van der Waals surface area contributed by atoms with Gasteiger partial charge in [0.05, 0.1) is 45.6 Å². The Morgan fingerprint density at radius 3 is 2.67 bits per heavy atom. The molecule has 2 heterocycles. The molecule has 0 saturated carbocycles. The van der Waals surface area contributed by atoms with Crippen LogP contribution in [0.2, 0.25) is 10.0 Å². The molecule has 7 nitrogen and oxygen atoms in total. The van der Waals surface area contributed by atoms with Gasteiger partial charge in [-0.3, -0.25) is 4.98 Å². The van der Waals surface area contributed by atoms with Crippen LogP contribution in [0.5, 0.6) is 0 Å². The van der Waals surface area contributed by atoms with E-state index in [4.69, 9.17) is 23.2 Å². The zero-order valence-electron chi connectivity index (χ0n) is 18.5. The Morgan fingerprint density at radius 1 is 1.22 bits per heavy atom. The van der Waals surface area contributed by atoms with Gasteiger partial charge in [-0.1, -0.05) is 41.9 Å². The molecule has 0 spiro atoms. The van der Waals surface area contributed by atoms with Gasteiger partial charge in [-0.2, -0.15) is 10.8 Å². The van der Waals surface area contributed by atoms with E-state index in [1.54, 1.807) is 30.5 Å². The summed E-state index contributed by atoms with van der Waals surface area (Å²) in [6.45, 7) is 3.65. The van der Waals surface area contributed by atoms with Crippen molar-refractivity contribution in [2.45, 2.75) is 6.04 Å². The Morgan fingerprint density at radius 2 is 2.00 bits per heavy atom. The molecule has 0 saturated heterocycles. The van der Waals surface area contributed by atoms with Crippen LogP contribution < -0.4 is 27.0 Å². The third kappa shape index (κ3) is 5.42. The van der Waals surface area contributed by atoms with Gasteiger partial charge in [0.1, 0.15) is 11.9 Å². The fraction of sp³-hybridized carbons (Fsp3) is 0.0400. The third-order valence-electron chi connectivity index (χ3n) is 5.26. The van der Waals surface area contributed by atoms with E-state index in [0.717, 1.165) is 23.4 Å². The molecule has 5 N–H and O–H groups in total. The largest absolute Gasteiger partial charge is 0.373 e. The minimum atomic E-state index is -0.805.